The molecular weight excluding hydrogens is 308 g/mol. The lowest BCUT2D eigenvalue weighted by Crippen LogP contribution is -2.60. The van der Waals surface area contributed by atoms with Gasteiger partial charge in [0.05, 0.1) is 12.7 Å². The molecule has 0 bridgehead atoms. The molecule has 0 radical (unpaired) electrons. The standard InChI is InChI=1S/C19H30O5/c1-18-6-5-13-17(12(18)3-4-15(18)24-10-20)14(21)7-11-8-16(22)23-9-19(11,13)2/h10-17,21-22H,3-9H2,1-2H3/t11?,12?,13?,14-,15-,16-,17?,18-,19-/m0/s1. The number of hydrogen-bond donors (Lipinski definition) is 2. The second-order valence-electron chi connectivity index (χ2n) is 9.14. The molecule has 24 heavy (non-hydrogen) atoms. The van der Waals surface area contributed by atoms with Gasteiger partial charge in [0.2, 0.25) is 0 Å². The van der Waals surface area contributed by atoms with Crippen LogP contribution in [0, 0.1) is 34.5 Å². The number of carbonyl (C=O) groups is 1. The molecule has 0 aromatic rings. The molecule has 9 atom stereocenters. The van der Waals surface area contributed by atoms with Crippen molar-refractivity contribution < 1.29 is 24.5 Å². The predicted molar refractivity (Wildman–Crippen MR) is 86.8 cm³/mol. The van der Waals surface area contributed by atoms with E-state index in [1.165, 1.54) is 0 Å². The molecule has 1 heterocycles. The highest BCUT2D eigenvalue weighted by Gasteiger charge is 2.63. The average molecular weight is 338 g/mol. The van der Waals surface area contributed by atoms with E-state index in [9.17, 15) is 15.0 Å². The monoisotopic (exact) mass is 338 g/mol. The summed E-state index contributed by atoms with van der Waals surface area (Å²) < 4.78 is 11.0. The maximum atomic E-state index is 11.0. The third-order valence-corrected chi connectivity index (χ3v) is 8.29. The van der Waals surface area contributed by atoms with E-state index in [0.29, 0.717) is 37.3 Å². The van der Waals surface area contributed by atoms with Gasteiger partial charge in [-0.2, -0.15) is 0 Å². The molecule has 0 aromatic heterocycles. The van der Waals surface area contributed by atoms with Gasteiger partial charge >= 0.3 is 0 Å². The van der Waals surface area contributed by atoms with Gasteiger partial charge in [0, 0.05) is 11.8 Å². The largest absolute Gasteiger partial charge is 0.464 e. The third kappa shape index (κ3) is 2.20. The molecule has 2 N–H and O–H groups in total. The smallest absolute Gasteiger partial charge is 0.293 e. The highest BCUT2D eigenvalue weighted by molar-refractivity contribution is 5.38. The highest BCUT2D eigenvalue weighted by Crippen LogP contribution is 2.65. The van der Waals surface area contributed by atoms with Gasteiger partial charge in [-0.1, -0.05) is 13.8 Å². The van der Waals surface area contributed by atoms with Crippen molar-refractivity contribution in [3.63, 3.8) is 0 Å². The zero-order valence-corrected chi connectivity index (χ0v) is 14.7. The van der Waals surface area contributed by atoms with Gasteiger partial charge in [0.25, 0.3) is 6.47 Å². The number of hydrogen-bond acceptors (Lipinski definition) is 5. The summed E-state index contributed by atoms with van der Waals surface area (Å²) in [6.07, 6.45) is 4.38. The van der Waals surface area contributed by atoms with Gasteiger partial charge < -0.3 is 19.7 Å². The molecule has 5 nitrogen and oxygen atoms in total. The van der Waals surface area contributed by atoms with E-state index in [1.807, 2.05) is 0 Å². The molecule has 1 aliphatic heterocycles. The zero-order chi connectivity index (χ0) is 17.1. The molecule has 4 aliphatic rings. The molecule has 4 fully saturated rings. The van der Waals surface area contributed by atoms with Crippen molar-refractivity contribution in [3.8, 4) is 0 Å². The van der Waals surface area contributed by atoms with E-state index in [2.05, 4.69) is 13.8 Å². The van der Waals surface area contributed by atoms with Gasteiger partial charge in [-0.05, 0) is 61.2 Å². The Bertz CT molecular complexity index is 510. The second kappa shape index (κ2) is 5.68. The first kappa shape index (κ1) is 16.8. The van der Waals surface area contributed by atoms with E-state index >= 15 is 0 Å². The Kier molecular flexibility index (Phi) is 3.98. The minimum absolute atomic E-state index is 0.0110. The number of fused-ring (bicyclic) bond motifs is 5. The van der Waals surface area contributed by atoms with E-state index in [1.54, 1.807) is 0 Å². The maximum absolute atomic E-state index is 11.0. The normalized spacial score (nSPS) is 56.8. The summed E-state index contributed by atoms with van der Waals surface area (Å²) in [4.78, 5) is 10.9. The predicted octanol–water partition coefficient (Wildman–Crippen LogP) is 2.10. The van der Waals surface area contributed by atoms with Crippen molar-refractivity contribution in [1.82, 2.24) is 0 Å². The molecule has 5 heteroatoms. The lowest BCUT2D eigenvalue weighted by molar-refractivity contribution is -0.245. The van der Waals surface area contributed by atoms with Crippen molar-refractivity contribution in [1.29, 1.82) is 0 Å². The fraction of sp³-hybridized carbons (Fsp3) is 0.947. The van der Waals surface area contributed by atoms with Crippen LogP contribution in [0.15, 0.2) is 0 Å². The van der Waals surface area contributed by atoms with Crippen LogP contribution >= 0.6 is 0 Å². The Hall–Kier alpha value is -0.650. The summed E-state index contributed by atoms with van der Waals surface area (Å²) in [6, 6.07) is 0. The SMILES string of the molecule is C[C@]12CO[C@H](O)CC1C[C@H](O)C1C2CC[C@@]2(C)C1CC[C@@H]2OC=O. The number of rotatable bonds is 2. The Morgan fingerprint density at radius 3 is 2.58 bits per heavy atom. The molecule has 136 valence electrons. The lowest BCUT2D eigenvalue weighted by atomic mass is 9.46. The van der Waals surface area contributed by atoms with Gasteiger partial charge in [-0.3, -0.25) is 4.79 Å². The van der Waals surface area contributed by atoms with E-state index in [0.717, 1.165) is 32.1 Å². The van der Waals surface area contributed by atoms with E-state index < -0.39 is 6.29 Å². The van der Waals surface area contributed by atoms with E-state index in [-0.39, 0.29) is 29.0 Å². The number of aliphatic hydroxyl groups excluding tert-OH is 2. The van der Waals surface area contributed by atoms with Crippen LogP contribution in [0.5, 0.6) is 0 Å². The Labute approximate surface area is 143 Å². The summed E-state index contributed by atoms with van der Waals surface area (Å²) in [6.45, 7) is 5.72. The molecule has 0 spiro atoms. The van der Waals surface area contributed by atoms with Gasteiger partial charge in [-0.15, -0.1) is 0 Å². The van der Waals surface area contributed by atoms with Crippen molar-refractivity contribution in [2.24, 2.45) is 34.5 Å². The molecule has 1 saturated heterocycles. The van der Waals surface area contributed by atoms with Gasteiger partial charge in [-0.25, -0.2) is 0 Å². The first-order valence-electron chi connectivity index (χ1n) is 9.47. The Balaban J connectivity index is 1.64. The van der Waals surface area contributed by atoms with Crippen LogP contribution < -0.4 is 0 Å². The summed E-state index contributed by atoms with van der Waals surface area (Å²) in [5, 5.41) is 20.9. The fourth-order valence-corrected chi connectivity index (χ4v) is 6.94. The van der Waals surface area contributed by atoms with Crippen LogP contribution in [0.4, 0.5) is 0 Å². The summed E-state index contributed by atoms with van der Waals surface area (Å²) in [5.41, 5.74) is 0.0232. The Morgan fingerprint density at radius 2 is 1.83 bits per heavy atom. The average Bonchev–Trinajstić information content (AvgIpc) is 2.87. The van der Waals surface area contributed by atoms with Crippen LogP contribution in [0.25, 0.3) is 0 Å². The minimum atomic E-state index is -0.683. The first-order valence-corrected chi connectivity index (χ1v) is 9.47. The van der Waals surface area contributed by atoms with Crippen LogP contribution in [0.3, 0.4) is 0 Å². The van der Waals surface area contributed by atoms with Crippen molar-refractivity contribution in [2.45, 2.75) is 70.9 Å². The van der Waals surface area contributed by atoms with Crippen LogP contribution in [0.2, 0.25) is 0 Å². The topological polar surface area (TPSA) is 76.0 Å². The molecular formula is C19H30O5. The van der Waals surface area contributed by atoms with Gasteiger partial charge in [0.1, 0.15) is 6.10 Å². The molecule has 0 aromatic carbocycles. The van der Waals surface area contributed by atoms with E-state index in [4.69, 9.17) is 9.47 Å². The molecule has 4 rings (SSSR count). The number of ether oxygens (including phenoxy) is 2. The number of carbonyl (C=O) groups excluding carboxylic acids is 1. The van der Waals surface area contributed by atoms with Crippen LogP contribution in [-0.2, 0) is 14.3 Å². The number of aliphatic hydroxyl groups is 2. The third-order valence-electron chi connectivity index (χ3n) is 8.29. The zero-order valence-electron chi connectivity index (χ0n) is 14.7. The maximum Gasteiger partial charge on any atom is 0.293 e. The summed E-state index contributed by atoms with van der Waals surface area (Å²) >= 11 is 0. The quantitative estimate of drug-likeness (QED) is 0.754. The second-order valence-corrected chi connectivity index (χ2v) is 9.14. The van der Waals surface area contributed by atoms with Gasteiger partial charge in [0.15, 0.2) is 6.29 Å². The van der Waals surface area contributed by atoms with Crippen molar-refractivity contribution in [3.05, 3.63) is 0 Å². The van der Waals surface area contributed by atoms with Crippen LogP contribution in [0.1, 0.15) is 52.4 Å². The molecule has 3 saturated carbocycles. The van der Waals surface area contributed by atoms with Crippen molar-refractivity contribution >= 4 is 6.47 Å². The summed E-state index contributed by atoms with van der Waals surface area (Å²) in [5.74, 6) is 1.40. The highest BCUT2D eigenvalue weighted by atomic mass is 16.6. The molecule has 3 aliphatic carbocycles. The van der Waals surface area contributed by atoms with Crippen molar-refractivity contribution in [2.75, 3.05) is 6.61 Å². The first-order chi connectivity index (χ1) is 11.4. The Morgan fingerprint density at radius 1 is 1.08 bits per heavy atom. The van der Waals surface area contributed by atoms with Crippen LogP contribution in [-0.4, -0.2) is 41.8 Å². The molecule has 4 unspecified atom stereocenters. The minimum Gasteiger partial charge on any atom is -0.464 e. The summed E-state index contributed by atoms with van der Waals surface area (Å²) in [7, 11) is 0. The fourth-order valence-electron chi connectivity index (χ4n) is 6.94. The lowest BCUT2D eigenvalue weighted by Gasteiger charge is -2.61. The molecule has 0 amide bonds.